The van der Waals surface area contributed by atoms with Crippen molar-refractivity contribution in [2.24, 2.45) is 0 Å². The molecule has 0 aliphatic heterocycles. The summed E-state index contributed by atoms with van der Waals surface area (Å²) in [7, 11) is 0. The van der Waals surface area contributed by atoms with Crippen LogP contribution in [0.2, 0.25) is 0 Å². The normalized spacial score (nSPS) is 10.5. The highest BCUT2D eigenvalue weighted by Crippen LogP contribution is 2.21. The van der Waals surface area contributed by atoms with Crippen LogP contribution < -0.4 is 4.74 Å². The van der Waals surface area contributed by atoms with Gasteiger partial charge in [-0.25, -0.2) is 4.79 Å². The van der Waals surface area contributed by atoms with Crippen LogP contribution in [0, 0.1) is 13.8 Å². The van der Waals surface area contributed by atoms with Gasteiger partial charge in [-0.3, -0.25) is 0 Å². The fourth-order valence-corrected chi connectivity index (χ4v) is 2.97. The van der Waals surface area contributed by atoms with E-state index in [4.69, 9.17) is 4.74 Å². The van der Waals surface area contributed by atoms with Gasteiger partial charge in [-0.15, -0.1) is 5.10 Å². The lowest BCUT2D eigenvalue weighted by Crippen LogP contribution is -2.10. The second kappa shape index (κ2) is 6.71. The molecule has 1 aromatic heterocycles. The van der Waals surface area contributed by atoms with Crippen molar-refractivity contribution >= 4 is 17.5 Å². The molecule has 3 rings (SSSR count). The van der Waals surface area contributed by atoms with Gasteiger partial charge in [0.25, 0.3) is 0 Å². The Hall–Kier alpha value is -2.53. The molecule has 0 amide bonds. The Labute approximate surface area is 138 Å². The van der Waals surface area contributed by atoms with Crippen molar-refractivity contribution in [3.63, 3.8) is 0 Å². The van der Waals surface area contributed by atoms with Crippen molar-refractivity contribution in [3.8, 4) is 5.75 Å². The molecule has 0 atom stereocenters. The van der Waals surface area contributed by atoms with Gasteiger partial charge in [0.2, 0.25) is 0 Å². The molecule has 23 heavy (non-hydrogen) atoms. The zero-order valence-electron chi connectivity index (χ0n) is 12.9. The van der Waals surface area contributed by atoms with Gasteiger partial charge in [-0.1, -0.05) is 40.9 Å². The molecule has 3 aromatic rings. The number of hydrogen-bond donors (Lipinski definition) is 0. The largest absolute Gasteiger partial charge is 0.422 e. The van der Waals surface area contributed by atoms with Gasteiger partial charge in [0, 0.05) is 6.42 Å². The molecule has 0 saturated carbocycles. The first-order valence-corrected chi connectivity index (χ1v) is 8.05. The Morgan fingerprint density at radius 2 is 1.78 bits per heavy atom. The number of ether oxygens (including phenoxy) is 1. The van der Waals surface area contributed by atoms with Crippen molar-refractivity contribution in [1.29, 1.82) is 0 Å². The summed E-state index contributed by atoms with van der Waals surface area (Å²) in [5.74, 6) is 0.141. The number of aromatic nitrogens is 2. The van der Waals surface area contributed by atoms with Crippen LogP contribution >= 0.6 is 11.5 Å². The standard InChI is InChI=1S/C18H16N2O2S/c1-12-8-13(2)10-15(9-12)22-18(21)17-16(19-20-23-17)11-14-6-4-3-5-7-14/h3-10H,11H2,1-2H3. The number of nitrogens with zero attached hydrogens (tertiary/aromatic N) is 2. The average molecular weight is 324 g/mol. The molecule has 116 valence electrons. The smallest absolute Gasteiger partial charge is 0.357 e. The Bertz CT molecular complexity index is 808. The maximum Gasteiger partial charge on any atom is 0.357 e. The Morgan fingerprint density at radius 3 is 2.48 bits per heavy atom. The summed E-state index contributed by atoms with van der Waals surface area (Å²) in [6.45, 7) is 3.94. The first-order valence-electron chi connectivity index (χ1n) is 7.27. The highest BCUT2D eigenvalue weighted by molar-refractivity contribution is 7.07. The number of carbonyl (C=O) groups excluding carboxylic acids is 1. The third-order valence-electron chi connectivity index (χ3n) is 3.36. The zero-order valence-corrected chi connectivity index (χ0v) is 13.8. The number of hydrogen-bond acceptors (Lipinski definition) is 5. The summed E-state index contributed by atoms with van der Waals surface area (Å²) in [4.78, 5) is 12.9. The van der Waals surface area contributed by atoms with Gasteiger partial charge in [-0.05, 0) is 54.2 Å². The van der Waals surface area contributed by atoms with E-state index in [9.17, 15) is 4.79 Å². The van der Waals surface area contributed by atoms with Crippen molar-refractivity contribution in [2.75, 3.05) is 0 Å². The summed E-state index contributed by atoms with van der Waals surface area (Å²) in [6, 6.07) is 15.6. The van der Waals surface area contributed by atoms with Gasteiger partial charge >= 0.3 is 5.97 Å². The summed E-state index contributed by atoms with van der Waals surface area (Å²) >= 11 is 1.07. The van der Waals surface area contributed by atoms with E-state index in [0.29, 0.717) is 22.7 Å². The van der Waals surface area contributed by atoms with Gasteiger partial charge in [0.05, 0.1) is 5.69 Å². The van der Waals surface area contributed by atoms with Crippen LogP contribution in [0.15, 0.2) is 48.5 Å². The van der Waals surface area contributed by atoms with Crippen LogP contribution in [-0.2, 0) is 6.42 Å². The quantitative estimate of drug-likeness (QED) is 0.538. The second-order valence-electron chi connectivity index (χ2n) is 5.42. The molecule has 0 unspecified atom stereocenters. The molecule has 0 N–H and O–H groups in total. The minimum Gasteiger partial charge on any atom is -0.422 e. The fourth-order valence-electron chi connectivity index (χ4n) is 2.41. The maximum absolute atomic E-state index is 12.4. The molecule has 2 aromatic carbocycles. The van der Waals surface area contributed by atoms with E-state index in [1.807, 2.05) is 62.4 Å². The number of esters is 1. The molecule has 0 bridgehead atoms. The van der Waals surface area contributed by atoms with Crippen LogP contribution in [0.4, 0.5) is 0 Å². The topological polar surface area (TPSA) is 52.1 Å². The number of rotatable bonds is 4. The van der Waals surface area contributed by atoms with Gasteiger partial charge in [0.15, 0.2) is 4.88 Å². The number of aryl methyl sites for hydroxylation is 2. The summed E-state index contributed by atoms with van der Waals surface area (Å²) < 4.78 is 9.40. The molecule has 1 heterocycles. The predicted octanol–water partition coefficient (Wildman–Crippen LogP) is 3.96. The van der Waals surface area contributed by atoms with Crippen LogP contribution in [0.1, 0.15) is 32.1 Å². The van der Waals surface area contributed by atoms with E-state index < -0.39 is 5.97 Å². The van der Waals surface area contributed by atoms with Crippen molar-refractivity contribution in [1.82, 2.24) is 9.59 Å². The van der Waals surface area contributed by atoms with Crippen molar-refractivity contribution in [2.45, 2.75) is 20.3 Å². The summed E-state index contributed by atoms with van der Waals surface area (Å²) in [5, 5.41) is 4.08. The molecule has 0 spiro atoms. The SMILES string of the molecule is Cc1cc(C)cc(OC(=O)c2snnc2Cc2ccccc2)c1. The maximum atomic E-state index is 12.4. The lowest BCUT2D eigenvalue weighted by atomic mass is 10.1. The third-order valence-corrected chi connectivity index (χ3v) is 4.11. The van der Waals surface area contributed by atoms with Crippen LogP contribution in [0.5, 0.6) is 5.75 Å². The van der Waals surface area contributed by atoms with Crippen molar-refractivity contribution in [3.05, 3.63) is 75.8 Å². The predicted molar refractivity (Wildman–Crippen MR) is 90.0 cm³/mol. The van der Waals surface area contributed by atoms with Crippen LogP contribution in [-0.4, -0.2) is 15.6 Å². The second-order valence-corrected chi connectivity index (χ2v) is 6.18. The Balaban J connectivity index is 1.79. The zero-order chi connectivity index (χ0) is 16.2. The van der Waals surface area contributed by atoms with E-state index in [-0.39, 0.29) is 0 Å². The summed E-state index contributed by atoms with van der Waals surface area (Å²) in [6.07, 6.45) is 0.564. The molecule has 0 saturated heterocycles. The first kappa shape index (κ1) is 15.4. The fraction of sp³-hybridized carbons (Fsp3) is 0.167. The minimum atomic E-state index is -0.407. The van der Waals surface area contributed by atoms with Crippen LogP contribution in [0.25, 0.3) is 0 Å². The van der Waals surface area contributed by atoms with E-state index in [1.54, 1.807) is 0 Å². The van der Waals surface area contributed by atoms with E-state index >= 15 is 0 Å². The lowest BCUT2D eigenvalue weighted by molar-refractivity contribution is 0.0738. The number of benzene rings is 2. The minimum absolute atomic E-state index is 0.407. The first-order chi connectivity index (χ1) is 11.1. The van der Waals surface area contributed by atoms with E-state index in [2.05, 4.69) is 9.59 Å². The molecule has 0 aliphatic carbocycles. The number of carbonyl (C=O) groups is 1. The van der Waals surface area contributed by atoms with Gasteiger partial charge in [0.1, 0.15) is 5.75 Å². The average Bonchev–Trinajstić information content (AvgIpc) is 2.95. The molecule has 0 fully saturated rings. The highest BCUT2D eigenvalue weighted by Gasteiger charge is 2.19. The highest BCUT2D eigenvalue weighted by atomic mass is 32.1. The molecular formula is C18H16N2O2S. The van der Waals surface area contributed by atoms with Gasteiger partial charge < -0.3 is 4.74 Å². The molecular weight excluding hydrogens is 308 g/mol. The van der Waals surface area contributed by atoms with Gasteiger partial charge in [-0.2, -0.15) is 0 Å². The van der Waals surface area contributed by atoms with Crippen molar-refractivity contribution < 1.29 is 9.53 Å². The van der Waals surface area contributed by atoms with E-state index in [0.717, 1.165) is 28.2 Å². The monoisotopic (exact) mass is 324 g/mol. The molecule has 0 radical (unpaired) electrons. The molecule has 5 heteroatoms. The lowest BCUT2D eigenvalue weighted by Gasteiger charge is -2.06. The van der Waals surface area contributed by atoms with Crippen LogP contribution in [0.3, 0.4) is 0 Å². The van der Waals surface area contributed by atoms with E-state index in [1.165, 1.54) is 0 Å². The Kier molecular flexibility index (Phi) is 4.48. The molecule has 0 aliphatic rings. The third kappa shape index (κ3) is 3.81. The Morgan fingerprint density at radius 1 is 1.09 bits per heavy atom. The molecule has 4 nitrogen and oxygen atoms in total. The summed E-state index contributed by atoms with van der Waals surface area (Å²) in [5.41, 5.74) is 3.84.